The van der Waals surface area contributed by atoms with Gasteiger partial charge in [-0.05, 0) is 41.6 Å². The summed E-state index contributed by atoms with van der Waals surface area (Å²) in [7, 11) is 0. The number of hydrogen-bond acceptors (Lipinski definition) is 3. The van der Waals surface area contributed by atoms with Gasteiger partial charge < -0.3 is 0 Å². The van der Waals surface area contributed by atoms with Crippen LogP contribution in [0, 0.1) is 9.81 Å². The highest BCUT2D eigenvalue weighted by atomic mass is 127. The molecule has 2 heterocycles. The lowest BCUT2D eigenvalue weighted by molar-refractivity contribution is 1.24. The molecular weight excluding hydrogens is 295 g/mol. The first kappa shape index (κ1) is 9.08. The summed E-state index contributed by atoms with van der Waals surface area (Å²) in [5.41, 5.74) is 2.20. The van der Waals surface area contributed by atoms with E-state index in [2.05, 4.69) is 32.6 Å². The lowest BCUT2D eigenvalue weighted by Crippen LogP contribution is -1.77. The van der Waals surface area contributed by atoms with Crippen molar-refractivity contribution in [3.8, 4) is 10.6 Å². The minimum absolute atomic E-state index is 1.05. The number of hydrogen-bond donors (Lipinski definition) is 0. The fraction of sp³-hybridized carbons (Fsp3) is 0.111. The molecule has 0 aliphatic heterocycles. The van der Waals surface area contributed by atoms with Gasteiger partial charge in [0.25, 0.3) is 0 Å². The number of nitrogens with zero attached hydrogens (tertiary/aromatic N) is 2. The number of rotatable bonds is 1. The summed E-state index contributed by atoms with van der Waals surface area (Å²) in [5.74, 6) is 0. The highest BCUT2D eigenvalue weighted by Gasteiger charge is 2.05. The minimum Gasteiger partial charge on any atom is -0.264 e. The molecule has 2 nitrogen and oxygen atoms in total. The molecule has 0 N–H and O–H groups in total. The molecule has 0 aliphatic rings. The number of pyridine rings is 1. The molecule has 2 rings (SSSR count). The van der Waals surface area contributed by atoms with Gasteiger partial charge >= 0.3 is 0 Å². The maximum atomic E-state index is 4.45. The van der Waals surface area contributed by atoms with Gasteiger partial charge in [-0.25, -0.2) is 4.98 Å². The molecule has 0 saturated carbocycles. The molecule has 0 spiro atoms. The Kier molecular flexibility index (Phi) is 2.59. The fourth-order valence-corrected chi connectivity index (χ4v) is 2.52. The van der Waals surface area contributed by atoms with E-state index in [1.807, 2.05) is 25.3 Å². The first-order chi connectivity index (χ1) is 6.27. The van der Waals surface area contributed by atoms with E-state index in [-0.39, 0.29) is 0 Å². The van der Waals surface area contributed by atoms with Gasteiger partial charge in [-0.15, -0.1) is 11.3 Å². The fourth-order valence-electron chi connectivity index (χ4n) is 0.991. The van der Waals surface area contributed by atoms with Crippen LogP contribution in [0.25, 0.3) is 10.6 Å². The smallest absolute Gasteiger partial charge is 0.126 e. The SMILES string of the molecule is Cc1nc(-c2cccnc2)sc1I. The molecule has 0 unspecified atom stereocenters. The van der Waals surface area contributed by atoms with E-state index < -0.39 is 0 Å². The third-order valence-electron chi connectivity index (χ3n) is 1.65. The van der Waals surface area contributed by atoms with Gasteiger partial charge in [0.2, 0.25) is 0 Å². The van der Waals surface area contributed by atoms with E-state index in [1.54, 1.807) is 17.5 Å². The molecule has 0 radical (unpaired) electrons. The molecular formula is C9H7IN2S. The average molecular weight is 302 g/mol. The predicted octanol–water partition coefficient (Wildman–Crippen LogP) is 3.12. The average Bonchev–Trinajstić information content (AvgIpc) is 2.49. The van der Waals surface area contributed by atoms with Crippen molar-refractivity contribution in [1.29, 1.82) is 0 Å². The molecule has 0 bridgehead atoms. The van der Waals surface area contributed by atoms with Crippen LogP contribution in [-0.2, 0) is 0 Å². The maximum Gasteiger partial charge on any atom is 0.126 e. The van der Waals surface area contributed by atoms with Crippen LogP contribution in [0.4, 0.5) is 0 Å². The maximum absolute atomic E-state index is 4.45. The van der Waals surface area contributed by atoms with E-state index in [0.29, 0.717) is 0 Å². The van der Waals surface area contributed by atoms with Gasteiger partial charge in [-0.3, -0.25) is 4.98 Å². The summed E-state index contributed by atoms with van der Waals surface area (Å²) >= 11 is 4.01. The lowest BCUT2D eigenvalue weighted by atomic mass is 10.3. The molecule has 2 aromatic rings. The molecule has 0 fully saturated rings. The van der Waals surface area contributed by atoms with Crippen molar-refractivity contribution in [1.82, 2.24) is 9.97 Å². The van der Waals surface area contributed by atoms with Crippen molar-refractivity contribution < 1.29 is 0 Å². The topological polar surface area (TPSA) is 25.8 Å². The largest absolute Gasteiger partial charge is 0.264 e. The Morgan fingerprint density at radius 3 is 2.85 bits per heavy atom. The number of halogens is 1. The monoisotopic (exact) mass is 302 g/mol. The molecule has 66 valence electrons. The normalized spacial score (nSPS) is 10.3. The highest BCUT2D eigenvalue weighted by Crippen LogP contribution is 2.27. The Labute approximate surface area is 94.2 Å². The van der Waals surface area contributed by atoms with Crippen LogP contribution < -0.4 is 0 Å². The van der Waals surface area contributed by atoms with Crippen LogP contribution in [0.2, 0.25) is 0 Å². The molecule has 0 saturated heterocycles. The Balaban J connectivity index is 2.48. The summed E-state index contributed by atoms with van der Waals surface area (Å²) in [4.78, 5) is 8.52. The quantitative estimate of drug-likeness (QED) is 0.756. The van der Waals surface area contributed by atoms with Crippen molar-refractivity contribution in [2.24, 2.45) is 0 Å². The second-order valence-electron chi connectivity index (χ2n) is 2.62. The Hall–Kier alpha value is -0.490. The zero-order valence-corrected chi connectivity index (χ0v) is 9.96. The van der Waals surface area contributed by atoms with Crippen molar-refractivity contribution in [3.05, 3.63) is 33.1 Å². The molecule has 2 aromatic heterocycles. The van der Waals surface area contributed by atoms with Crippen molar-refractivity contribution in [2.45, 2.75) is 6.92 Å². The number of aryl methyl sites for hydroxylation is 1. The second-order valence-corrected chi connectivity index (χ2v) is 5.43. The molecule has 0 aliphatic carbocycles. The summed E-state index contributed by atoms with van der Waals surface area (Å²) in [5, 5.41) is 1.05. The van der Waals surface area contributed by atoms with Crippen LogP contribution in [0.1, 0.15) is 5.69 Å². The van der Waals surface area contributed by atoms with Crippen LogP contribution in [-0.4, -0.2) is 9.97 Å². The standard InChI is InChI=1S/C9H7IN2S/c1-6-8(10)13-9(12-6)7-3-2-4-11-5-7/h2-5H,1H3. The Morgan fingerprint density at radius 1 is 1.46 bits per heavy atom. The van der Waals surface area contributed by atoms with Gasteiger partial charge in [-0.2, -0.15) is 0 Å². The molecule has 0 amide bonds. The summed E-state index contributed by atoms with van der Waals surface area (Å²) in [6.07, 6.45) is 3.61. The van der Waals surface area contributed by atoms with Gasteiger partial charge in [0, 0.05) is 18.0 Å². The number of thiazole rings is 1. The van der Waals surface area contributed by atoms with E-state index in [0.717, 1.165) is 16.3 Å². The van der Waals surface area contributed by atoms with E-state index >= 15 is 0 Å². The first-order valence-corrected chi connectivity index (χ1v) is 5.70. The van der Waals surface area contributed by atoms with Crippen LogP contribution in [0.3, 0.4) is 0 Å². The summed E-state index contributed by atoms with van der Waals surface area (Å²) < 4.78 is 1.25. The van der Waals surface area contributed by atoms with E-state index in [9.17, 15) is 0 Å². The summed E-state index contributed by atoms with van der Waals surface area (Å²) in [6, 6.07) is 3.96. The van der Waals surface area contributed by atoms with Crippen LogP contribution in [0.15, 0.2) is 24.5 Å². The third kappa shape index (κ3) is 1.88. The van der Waals surface area contributed by atoms with Crippen molar-refractivity contribution in [3.63, 3.8) is 0 Å². The second kappa shape index (κ2) is 3.71. The first-order valence-electron chi connectivity index (χ1n) is 3.80. The van der Waals surface area contributed by atoms with E-state index in [4.69, 9.17) is 0 Å². The van der Waals surface area contributed by atoms with Crippen LogP contribution >= 0.6 is 33.9 Å². The lowest BCUT2D eigenvalue weighted by Gasteiger charge is -1.91. The Bertz CT molecular complexity index is 391. The third-order valence-corrected chi connectivity index (χ3v) is 4.08. The molecule has 4 heteroatoms. The zero-order chi connectivity index (χ0) is 9.26. The predicted molar refractivity (Wildman–Crippen MR) is 62.8 cm³/mol. The molecule has 0 aromatic carbocycles. The van der Waals surface area contributed by atoms with Gasteiger partial charge in [0.05, 0.1) is 8.58 Å². The minimum atomic E-state index is 1.05. The number of aromatic nitrogens is 2. The summed E-state index contributed by atoms with van der Waals surface area (Å²) in [6.45, 7) is 2.03. The van der Waals surface area contributed by atoms with Gasteiger partial charge in [0.15, 0.2) is 0 Å². The van der Waals surface area contributed by atoms with Crippen LogP contribution in [0.5, 0.6) is 0 Å². The van der Waals surface area contributed by atoms with E-state index in [1.165, 1.54) is 2.88 Å². The van der Waals surface area contributed by atoms with Gasteiger partial charge in [0.1, 0.15) is 5.01 Å². The highest BCUT2D eigenvalue weighted by molar-refractivity contribution is 14.1. The van der Waals surface area contributed by atoms with Gasteiger partial charge in [-0.1, -0.05) is 0 Å². The zero-order valence-electron chi connectivity index (χ0n) is 6.99. The van der Waals surface area contributed by atoms with Crippen molar-refractivity contribution >= 4 is 33.9 Å². The Morgan fingerprint density at radius 2 is 2.31 bits per heavy atom. The molecule has 13 heavy (non-hydrogen) atoms. The molecule has 0 atom stereocenters. The van der Waals surface area contributed by atoms with Crippen molar-refractivity contribution in [2.75, 3.05) is 0 Å².